The lowest BCUT2D eigenvalue weighted by Crippen LogP contribution is -2.65. The fourth-order valence-electron chi connectivity index (χ4n) is 6.22. The smallest absolute Gasteiger partial charge is 0.187 e. The molecule has 10 heteroatoms. The Labute approximate surface area is 293 Å². The highest BCUT2D eigenvalue weighted by Crippen LogP contribution is 2.34. The molecule has 2 aliphatic rings. The van der Waals surface area contributed by atoms with Crippen LogP contribution < -0.4 is 0 Å². The van der Waals surface area contributed by atoms with Crippen molar-refractivity contribution in [3.63, 3.8) is 0 Å². The quantitative estimate of drug-likeness (QED) is 0.164. The van der Waals surface area contributed by atoms with Crippen molar-refractivity contribution in [2.24, 2.45) is 0 Å². The average molecular weight is 687 g/mol. The summed E-state index contributed by atoms with van der Waals surface area (Å²) in [7, 11) is 0. The first kappa shape index (κ1) is 36.3. The van der Waals surface area contributed by atoms with Crippen molar-refractivity contribution < 1.29 is 48.5 Å². The summed E-state index contributed by atoms with van der Waals surface area (Å²) in [5.41, 5.74) is 3.86. The Bertz CT molecular complexity index is 1530. The molecule has 0 radical (unpaired) electrons. The van der Waals surface area contributed by atoms with Crippen molar-refractivity contribution >= 4 is 0 Å². The van der Waals surface area contributed by atoms with E-state index in [2.05, 4.69) is 0 Å². The van der Waals surface area contributed by atoms with Gasteiger partial charge in [-0.15, -0.1) is 0 Å². The van der Waals surface area contributed by atoms with E-state index in [1.54, 1.807) is 6.92 Å². The number of rotatable bonds is 15. The van der Waals surface area contributed by atoms with Crippen molar-refractivity contribution in [2.45, 2.75) is 94.8 Å². The van der Waals surface area contributed by atoms with Gasteiger partial charge in [-0.05, 0) is 29.2 Å². The third-order valence-electron chi connectivity index (χ3n) is 8.93. The van der Waals surface area contributed by atoms with Gasteiger partial charge in [0.25, 0.3) is 0 Å². The summed E-state index contributed by atoms with van der Waals surface area (Å²) in [5.74, 6) is 0. The maximum Gasteiger partial charge on any atom is 0.187 e. The number of benzene rings is 4. The first-order valence-corrected chi connectivity index (χ1v) is 17.0. The standard InChI is InChI=1S/C40H46O10/c1-27-35(33(41)34(42)39(43)48-27)50-40-38(47-25-31-20-12-5-13-21-31)37(46-24-30-18-10-4-11-19-30)36(45-23-29-16-8-3-9-17-29)32(49-40)26-44-22-28-14-6-2-7-15-28/h2-21,27,32-43H,22-26H2,1H3/t27-,32+,33-,34+,35-,36+,37-,38+,39+,40+/m0/s1. The second kappa shape index (κ2) is 18.1. The molecule has 0 amide bonds. The van der Waals surface area contributed by atoms with Crippen molar-refractivity contribution in [2.75, 3.05) is 6.61 Å². The van der Waals surface area contributed by atoms with E-state index in [-0.39, 0.29) is 26.4 Å². The van der Waals surface area contributed by atoms with Crippen LogP contribution in [0.1, 0.15) is 29.2 Å². The second-order valence-electron chi connectivity index (χ2n) is 12.6. The monoisotopic (exact) mass is 686 g/mol. The number of aliphatic hydroxyl groups is 3. The van der Waals surface area contributed by atoms with E-state index in [1.165, 1.54) is 0 Å². The molecule has 0 bridgehead atoms. The zero-order valence-corrected chi connectivity index (χ0v) is 28.1. The molecule has 10 nitrogen and oxygen atoms in total. The molecule has 2 saturated heterocycles. The predicted octanol–water partition coefficient (Wildman–Crippen LogP) is 4.53. The van der Waals surface area contributed by atoms with Crippen molar-refractivity contribution in [1.82, 2.24) is 0 Å². The first-order valence-electron chi connectivity index (χ1n) is 17.0. The zero-order valence-electron chi connectivity index (χ0n) is 28.1. The molecule has 50 heavy (non-hydrogen) atoms. The fourth-order valence-corrected chi connectivity index (χ4v) is 6.22. The largest absolute Gasteiger partial charge is 0.387 e. The minimum absolute atomic E-state index is 0.130. The highest BCUT2D eigenvalue weighted by molar-refractivity contribution is 5.16. The zero-order chi connectivity index (χ0) is 34.7. The third kappa shape index (κ3) is 9.62. The van der Waals surface area contributed by atoms with Gasteiger partial charge in [0.05, 0.1) is 39.1 Å². The van der Waals surface area contributed by atoms with Crippen molar-refractivity contribution in [1.29, 1.82) is 0 Å². The SMILES string of the molecule is C[C@@H]1O[C@@H](O)[C@H](O)[C@H](O)[C@H]1O[C@H]1O[C@H](COCc2ccccc2)[C@@H](OCc2ccccc2)[C@H](OCc2ccccc2)[C@H]1OCc1ccccc1. The molecule has 0 saturated carbocycles. The molecule has 3 N–H and O–H groups in total. The summed E-state index contributed by atoms with van der Waals surface area (Å²) in [6, 6.07) is 39.2. The molecule has 266 valence electrons. The summed E-state index contributed by atoms with van der Waals surface area (Å²) >= 11 is 0. The molecule has 0 aromatic heterocycles. The van der Waals surface area contributed by atoms with E-state index in [9.17, 15) is 15.3 Å². The lowest BCUT2D eigenvalue weighted by Gasteiger charge is -2.48. The molecular weight excluding hydrogens is 640 g/mol. The average Bonchev–Trinajstić information content (AvgIpc) is 3.15. The van der Waals surface area contributed by atoms with Crippen LogP contribution >= 0.6 is 0 Å². The van der Waals surface area contributed by atoms with E-state index >= 15 is 0 Å². The van der Waals surface area contributed by atoms with Crippen molar-refractivity contribution in [3.05, 3.63) is 144 Å². The summed E-state index contributed by atoms with van der Waals surface area (Å²) in [6.45, 7) is 2.87. The van der Waals surface area contributed by atoms with Crippen LogP contribution in [0.15, 0.2) is 121 Å². The third-order valence-corrected chi connectivity index (χ3v) is 8.93. The van der Waals surface area contributed by atoms with Crippen molar-refractivity contribution in [3.8, 4) is 0 Å². The lowest BCUT2D eigenvalue weighted by molar-refractivity contribution is -0.364. The van der Waals surface area contributed by atoms with Gasteiger partial charge in [0.1, 0.15) is 42.7 Å². The maximum absolute atomic E-state index is 11.0. The van der Waals surface area contributed by atoms with Gasteiger partial charge in [0, 0.05) is 0 Å². The lowest BCUT2D eigenvalue weighted by atomic mass is 9.96. The Morgan fingerprint density at radius 1 is 0.500 bits per heavy atom. The molecule has 2 fully saturated rings. The number of hydrogen-bond acceptors (Lipinski definition) is 10. The minimum Gasteiger partial charge on any atom is -0.387 e. The number of hydrogen-bond donors (Lipinski definition) is 3. The molecule has 0 aliphatic carbocycles. The van der Waals surface area contributed by atoms with Crippen LogP contribution in [0.4, 0.5) is 0 Å². The Balaban J connectivity index is 1.33. The summed E-state index contributed by atoms with van der Waals surface area (Å²) < 4.78 is 44.9. The molecule has 2 aliphatic heterocycles. The van der Waals surface area contributed by atoms with Gasteiger partial charge in [-0.1, -0.05) is 121 Å². The highest BCUT2D eigenvalue weighted by atomic mass is 16.7. The first-order chi connectivity index (χ1) is 24.5. The van der Waals surface area contributed by atoms with E-state index < -0.39 is 61.4 Å². The van der Waals surface area contributed by atoms with Gasteiger partial charge in [0.15, 0.2) is 12.6 Å². The van der Waals surface area contributed by atoms with Crippen LogP contribution in [-0.2, 0) is 59.6 Å². The summed E-state index contributed by atoms with van der Waals surface area (Å²) in [6.07, 6.45) is -10.5. The molecule has 4 aromatic rings. The Kier molecular flexibility index (Phi) is 13.1. The molecule has 6 rings (SSSR count). The predicted molar refractivity (Wildman–Crippen MR) is 183 cm³/mol. The molecule has 0 spiro atoms. The van der Waals surface area contributed by atoms with Gasteiger partial charge >= 0.3 is 0 Å². The minimum atomic E-state index is -1.58. The van der Waals surface area contributed by atoms with Gasteiger partial charge in [-0.25, -0.2) is 0 Å². The fraction of sp³-hybridized carbons (Fsp3) is 0.400. The Morgan fingerprint density at radius 2 is 0.940 bits per heavy atom. The number of aliphatic hydroxyl groups excluding tert-OH is 3. The van der Waals surface area contributed by atoms with Crippen LogP contribution in [0.2, 0.25) is 0 Å². The van der Waals surface area contributed by atoms with E-state index in [0.29, 0.717) is 6.61 Å². The van der Waals surface area contributed by atoms with Gasteiger partial charge in [-0.3, -0.25) is 0 Å². The molecule has 4 aromatic carbocycles. The van der Waals surface area contributed by atoms with Gasteiger partial charge in [0.2, 0.25) is 0 Å². The van der Waals surface area contributed by atoms with Crippen LogP contribution in [0, 0.1) is 0 Å². The van der Waals surface area contributed by atoms with Crippen LogP contribution in [0.5, 0.6) is 0 Å². The van der Waals surface area contributed by atoms with Gasteiger partial charge in [-0.2, -0.15) is 0 Å². The van der Waals surface area contributed by atoms with E-state index in [4.69, 9.17) is 33.2 Å². The molecule has 2 heterocycles. The molecule has 0 unspecified atom stereocenters. The number of ether oxygens (including phenoxy) is 7. The van der Waals surface area contributed by atoms with Crippen LogP contribution in [0.25, 0.3) is 0 Å². The highest BCUT2D eigenvalue weighted by Gasteiger charge is 2.52. The molecule has 10 atom stereocenters. The summed E-state index contributed by atoms with van der Waals surface area (Å²) in [5, 5.41) is 31.7. The topological polar surface area (TPSA) is 125 Å². The Hall–Kier alpha value is -3.52. The molecular formula is C40H46O10. The van der Waals surface area contributed by atoms with Gasteiger partial charge < -0.3 is 48.5 Å². The summed E-state index contributed by atoms with van der Waals surface area (Å²) in [4.78, 5) is 0. The van der Waals surface area contributed by atoms with E-state index in [1.807, 2.05) is 121 Å². The maximum atomic E-state index is 11.0. The van der Waals surface area contributed by atoms with Crippen LogP contribution in [-0.4, -0.2) is 83.3 Å². The Morgan fingerprint density at radius 3 is 1.44 bits per heavy atom. The van der Waals surface area contributed by atoms with Crippen LogP contribution in [0.3, 0.4) is 0 Å². The van der Waals surface area contributed by atoms with E-state index in [0.717, 1.165) is 22.3 Å². The second-order valence-corrected chi connectivity index (χ2v) is 12.6. The normalized spacial score (nSPS) is 29.8.